The van der Waals surface area contributed by atoms with Crippen LogP contribution in [-0.2, 0) is 19.1 Å². The van der Waals surface area contributed by atoms with Crippen molar-refractivity contribution in [3.05, 3.63) is 64.7 Å². The third-order valence-electron chi connectivity index (χ3n) is 6.62. The summed E-state index contributed by atoms with van der Waals surface area (Å²) in [5.74, 6) is -1.83. The average molecular weight is 553 g/mol. The Hall–Kier alpha value is -3.88. The van der Waals surface area contributed by atoms with Crippen molar-refractivity contribution < 1.29 is 23.9 Å². The molecule has 0 aliphatic heterocycles. The maximum Gasteiger partial charge on any atom is 0.408 e. The molecule has 2 rings (SSSR count). The van der Waals surface area contributed by atoms with Crippen LogP contribution in [0.2, 0.25) is 0 Å². The van der Waals surface area contributed by atoms with Gasteiger partial charge in [0.05, 0.1) is 6.42 Å². The molecule has 4 N–H and O–H groups in total. The van der Waals surface area contributed by atoms with Crippen LogP contribution in [0, 0.1) is 20.8 Å². The van der Waals surface area contributed by atoms with Crippen molar-refractivity contribution in [2.24, 2.45) is 5.73 Å². The van der Waals surface area contributed by atoms with Crippen molar-refractivity contribution in [3.63, 3.8) is 0 Å². The number of benzene rings is 2. The van der Waals surface area contributed by atoms with E-state index >= 15 is 0 Å². The predicted octanol–water partition coefficient (Wildman–Crippen LogP) is 5.08. The number of primary amides is 1. The van der Waals surface area contributed by atoms with Gasteiger partial charge in [0.15, 0.2) is 0 Å². The van der Waals surface area contributed by atoms with E-state index < -0.39 is 53.5 Å². The highest BCUT2D eigenvalue weighted by molar-refractivity contribution is 6.00. The summed E-state index contributed by atoms with van der Waals surface area (Å²) >= 11 is 0. The molecule has 0 spiro atoms. The number of carbonyl (C=O) groups is 4. The highest BCUT2D eigenvalue weighted by atomic mass is 16.6. The van der Waals surface area contributed by atoms with Crippen LogP contribution in [0.5, 0.6) is 0 Å². The van der Waals surface area contributed by atoms with Crippen LogP contribution < -0.4 is 16.4 Å². The molecule has 0 saturated carbocycles. The van der Waals surface area contributed by atoms with Gasteiger partial charge in [-0.15, -0.1) is 0 Å². The first-order chi connectivity index (χ1) is 18.4. The minimum absolute atomic E-state index is 0.427. The summed E-state index contributed by atoms with van der Waals surface area (Å²) in [6.07, 6.45) is -0.852. The van der Waals surface area contributed by atoms with Gasteiger partial charge in [0.2, 0.25) is 11.8 Å². The highest BCUT2D eigenvalue weighted by Crippen LogP contribution is 2.34. The molecule has 9 nitrogen and oxygen atoms in total. The number of nitrogens with zero attached hydrogens (tertiary/aromatic N) is 1. The number of para-hydroxylation sites is 1. The molecule has 2 aromatic rings. The topological polar surface area (TPSA) is 131 Å². The Morgan fingerprint density at radius 2 is 1.52 bits per heavy atom. The number of aryl methyl sites for hydroxylation is 3. The second-order valence-corrected chi connectivity index (χ2v) is 11.9. The molecule has 0 aliphatic rings. The Labute approximate surface area is 237 Å². The monoisotopic (exact) mass is 552 g/mol. The first kappa shape index (κ1) is 32.3. The van der Waals surface area contributed by atoms with Gasteiger partial charge in [-0.3, -0.25) is 14.4 Å². The van der Waals surface area contributed by atoms with Gasteiger partial charge in [0.25, 0.3) is 5.91 Å². The number of nitrogens with one attached hydrogen (secondary N) is 2. The van der Waals surface area contributed by atoms with Crippen molar-refractivity contribution in [3.8, 4) is 0 Å². The van der Waals surface area contributed by atoms with Crippen LogP contribution in [0.4, 0.5) is 10.5 Å². The molecule has 4 amide bonds. The summed E-state index contributed by atoms with van der Waals surface area (Å²) in [7, 11) is 0. The summed E-state index contributed by atoms with van der Waals surface area (Å²) in [5, 5.41) is 5.52. The largest absolute Gasteiger partial charge is 0.444 e. The van der Waals surface area contributed by atoms with Gasteiger partial charge in [-0.25, -0.2) is 4.79 Å². The number of anilines is 1. The fourth-order valence-corrected chi connectivity index (χ4v) is 4.46. The first-order valence-electron chi connectivity index (χ1n) is 13.5. The number of carbonyl (C=O) groups excluding carboxylic acids is 4. The fourth-order valence-electron chi connectivity index (χ4n) is 4.46. The number of rotatable bonds is 10. The second-order valence-electron chi connectivity index (χ2n) is 11.9. The van der Waals surface area contributed by atoms with Crippen LogP contribution in [0.1, 0.15) is 82.7 Å². The number of amides is 4. The molecule has 0 fully saturated rings. The minimum Gasteiger partial charge on any atom is -0.444 e. The summed E-state index contributed by atoms with van der Waals surface area (Å²) in [6, 6.07) is 10.7. The van der Waals surface area contributed by atoms with Gasteiger partial charge >= 0.3 is 6.09 Å². The highest BCUT2D eigenvalue weighted by Gasteiger charge is 2.43. The molecule has 0 heterocycles. The normalized spacial score (nSPS) is 13.1. The predicted molar refractivity (Wildman–Crippen MR) is 157 cm³/mol. The summed E-state index contributed by atoms with van der Waals surface area (Å²) < 4.78 is 5.36. The molecule has 9 heteroatoms. The molecule has 2 unspecified atom stereocenters. The van der Waals surface area contributed by atoms with Gasteiger partial charge < -0.3 is 26.0 Å². The van der Waals surface area contributed by atoms with Crippen LogP contribution in [0.3, 0.4) is 0 Å². The van der Waals surface area contributed by atoms with Crippen molar-refractivity contribution in [2.75, 3.05) is 5.32 Å². The zero-order valence-corrected chi connectivity index (χ0v) is 25.2. The molecule has 0 radical (unpaired) electrons. The van der Waals surface area contributed by atoms with E-state index in [4.69, 9.17) is 10.5 Å². The Morgan fingerprint density at radius 1 is 0.950 bits per heavy atom. The molecule has 0 aromatic heterocycles. The first-order valence-corrected chi connectivity index (χ1v) is 13.5. The number of ether oxygens (including phenoxy) is 1. The van der Waals surface area contributed by atoms with Gasteiger partial charge in [-0.1, -0.05) is 54.4 Å². The van der Waals surface area contributed by atoms with Crippen molar-refractivity contribution in [1.82, 2.24) is 10.2 Å². The van der Waals surface area contributed by atoms with Crippen LogP contribution >= 0.6 is 0 Å². The fraction of sp³-hybridized carbons (Fsp3) is 0.484. The summed E-state index contributed by atoms with van der Waals surface area (Å²) in [6.45, 7) is 16.4. The summed E-state index contributed by atoms with van der Waals surface area (Å²) in [4.78, 5) is 54.7. The van der Waals surface area contributed by atoms with E-state index in [1.165, 1.54) is 4.90 Å². The molecular weight excluding hydrogens is 508 g/mol. The molecule has 2 aromatic carbocycles. The van der Waals surface area contributed by atoms with Gasteiger partial charge in [0, 0.05) is 11.2 Å². The lowest BCUT2D eigenvalue weighted by molar-refractivity contribution is -0.148. The van der Waals surface area contributed by atoms with Gasteiger partial charge in [-0.2, -0.15) is 0 Å². The molecule has 2 atom stereocenters. The molecule has 218 valence electrons. The van der Waals surface area contributed by atoms with Crippen LogP contribution in [-0.4, -0.2) is 45.9 Å². The lowest BCUT2D eigenvalue weighted by atomic mass is 9.90. The van der Waals surface area contributed by atoms with E-state index in [1.807, 2.05) is 77.9 Å². The lowest BCUT2D eigenvalue weighted by Gasteiger charge is -2.44. The number of hydrogen-bond donors (Lipinski definition) is 3. The quantitative estimate of drug-likeness (QED) is 0.378. The molecule has 0 bridgehead atoms. The van der Waals surface area contributed by atoms with Crippen molar-refractivity contribution in [1.29, 1.82) is 0 Å². The van der Waals surface area contributed by atoms with E-state index in [0.717, 1.165) is 16.7 Å². The maximum atomic E-state index is 14.4. The SMILES string of the molecule is CCC(C)(C)N(C(=O)C(CC(N)=O)NC(=O)OC(C)(C)C)C(C(=O)Nc1ccccc1C)c1cc(C)cc(C)c1. The number of alkyl carbamates (subject to hydrolysis) is 1. The van der Waals surface area contributed by atoms with E-state index in [0.29, 0.717) is 17.7 Å². The Morgan fingerprint density at radius 3 is 2.02 bits per heavy atom. The Kier molecular flexibility index (Phi) is 10.5. The van der Waals surface area contributed by atoms with Crippen molar-refractivity contribution in [2.45, 2.75) is 98.4 Å². The third-order valence-corrected chi connectivity index (χ3v) is 6.62. The summed E-state index contributed by atoms with van der Waals surface area (Å²) in [5.41, 5.74) is 7.73. The van der Waals surface area contributed by atoms with Gasteiger partial charge in [-0.05, 0) is 79.0 Å². The standard InChI is InChI=1S/C31H44N4O5/c1-10-31(8,9)35(28(38)24(18-25(32)36)34-29(39)40-30(5,6)7)26(22-16-19(2)15-20(3)17-22)27(37)33-23-14-12-11-13-21(23)4/h11-17,24,26H,10,18H2,1-9H3,(H2,32,36)(H,33,37)(H,34,39). The maximum absolute atomic E-state index is 14.4. The lowest BCUT2D eigenvalue weighted by Crippen LogP contribution is -2.59. The van der Waals surface area contributed by atoms with Crippen molar-refractivity contribution >= 4 is 29.5 Å². The zero-order chi connectivity index (χ0) is 30.4. The Balaban J connectivity index is 2.71. The second kappa shape index (κ2) is 13.0. The number of hydrogen-bond acceptors (Lipinski definition) is 5. The van der Waals surface area contributed by atoms with E-state index in [9.17, 15) is 19.2 Å². The third kappa shape index (κ3) is 8.83. The van der Waals surface area contributed by atoms with E-state index in [-0.39, 0.29) is 0 Å². The van der Waals surface area contributed by atoms with Crippen LogP contribution in [0.15, 0.2) is 42.5 Å². The minimum atomic E-state index is -1.35. The Bertz CT molecular complexity index is 1230. The molecule has 0 saturated heterocycles. The average Bonchev–Trinajstić information content (AvgIpc) is 2.80. The molecule has 0 aliphatic carbocycles. The zero-order valence-electron chi connectivity index (χ0n) is 25.2. The van der Waals surface area contributed by atoms with Gasteiger partial charge in [0.1, 0.15) is 17.7 Å². The van der Waals surface area contributed by atoms with E-state index in [2.05, 4.69) is 10.6 Å². The van der Waals surface area contributed by atoms with Crippen LogP contribution in [0.25, 0.3) is 0 Å². The number of nitrogens with two attached hydrogens (primary N) is 1. The smallest absolute Gasteiger partial charge is 0.408 e. The molecular formula is C31H44N4O5. The molecule has 40 heavy (non-hydrogen) atoms. The van der Waals surface area contributed by atoms with E-state index in [1.54, 1.807) is 26.8 Å².